The van der Waals surface area contributed by atoms with E-state index in [1.165, 1.54) is 18.2 Å². The molecular weight excluding hydrogens is 424 g/mol. The predicted molar refractivity (Wildman–Crippen MR) is 125 cm³/mol. The largest absolute Gasteiger partial charge is 0.341 e. The number of rotatable bonds is 6. The Morgan fingerprint density at radius 3 is 2.53 bits per heavy atom. The van der Waals surface area contributed by atoms with Gasteiger partial charge < -0.3 is 9.80 Å². The molecule has 1 unspecified atom stereocenters. The van der Waals surface area contributed by atoms with E-state index in [1.54, 1.807) is 0 Å². The van der Waals surface area contributed by atoms with Crippen LogP contribution in [0.5, 0.6) is 0 Å². The number of fused-ring (bicyclic) bond motifs is 3. The highest BCUT2D eigenvalue weighted by atomic mass is 32.2. The van der Waals surface area contributed by atoms with Crippen LogP contribution in [0.2, 0.25) is 0 Å². The van der Waals surface area contributed by atoms with Crippen LogP contribution in [0.25, 0.3) is 16.8 Å². The number of imidazole rings is 1. The Kier molecular flexibility index (Phi) is 6.08. The van der Waals surface area contributed by atoms with Crippen molar-refractivity contribution in [2.45, 2.75) is 63.2 Å². The highest BCUT2D eigenvalue weighted by Gasteiger charge is 2.27. The van der Waals surface area contributed by atoms with Crippen molar-refractivity contribution in [1.82, 2.24) is 29.0 Å². The standard InChI is InChI=1S/C23H30N6O2S/c1-2-17-9-5-6-14-27(17)21(31)16-32-23-25-24-22-28(15-20(30)26-12-7-8-13-26)18-10-3-4-11-19(18)29(22)23/h3-4,10-11,17H,2,5-9,12-16H2,1H3. The second kappa shape index (κ2) is 9.13. The number of thioether (sulfide) groups is 1. The van der Waals surface area contributed by atoms with E-state index >= 15 is 0 Å². The number of hydrogen-bond donors (Lipinski definition) is 0. The molecule has 2 aliphatic rings. The molecule has 3 aromatic rings. The molecule has 1 aromatic carbocycles. The van der Waals surface area contributed by atoms with Crippen LogP contribution in [0.3, 0.4) is 0 Å². The Labute approximate surface area is 191 Å². The van der Waals surface area contributed by atoms with Gasteiger partial charge in [-0.1, -0.05) is 30.8 Å². The van der Waals surface area contributed by atoms with E-state index in [9.17, 15) is 9.59 Å². The lowest BCUT2D eigenvalue weighted by Crippen LogP contribution is -2.44. The van der Waals surface area contributed by atoms with Gasteiger partial charge in [0.25, 0.3) is 0 Å². The summed E-state index contributed by atoms with van der Waals surface area (Å²) in [7, 11) is 0. The zero-order chi connectivity index (χ0) is 22.1. The van der Waals surface area contributed by atoms with Gasteiger partial charge in [0.2, 0.25) is 17.6 Å². The van der Waals surface area contributed by atoms with Gasteiger partial charge in [0, 0.05) is 25.7 Å². The van der Waals surface area contributed by atoms with Crippen LogP contribution >= 0.6 is 11.8 Å². The zero-order valence-corrected chi connectivity index (χ0v) is 19.4. The van der Waals surface area contributed by atoms with Gasteiger partial charge in [-0.3, -0.25) is 18.6 Å². The molecule has 5 rings (SSSR count). The lowest BCUT2D eigenvalue weighted by atomic mass is 10.0. The van der Waals surface area contributed by atoms with Gasteiger partial charge in [0.1, 0.15) is 6.54 Å². The van der Waals surface area contributed by atoms with Crippen LogP contribution in [0.4, 0.5) is 0 Å². The fourth-order valence-corrected chi connectivity index (χ4v) is 5.88. The number of piperidine rings is 1. The number of amides is 2. The summed E-state index contributed by atoms with van der Waals surface area (Å²) in [6, 6.07) is 8.35. The molecule has 170 valence electrons. The first-order valence-electron chi connectivity index (χ1n) is 11.7. The molecule has 2 amide bonds. The number of carbonyl (C=O) groups excluding carboxylic acids is 2. The number of nitrogens with zero attached hydrogens (tertiary/aromatic N) is 6. The molecule has 9 heteroatoms. The van der Waals surface area contributed by atoms with Crippen molar-refractivity contribution in [3.05, 3.63) is 24.3 Å². The number of para-hydroxylation sites is 2. The maximum Gasteiger partial charge on any atom is 0.242 e. The van der Waals surface area contributed by atoms with Crippen molar-refractivity contribution >= 4 is 40.4 Å². The average molecular weight is 455 g/mol. The van der Waals surface area contributed by atoms with Crippen LogP contribution in [0.1, 0.15) is 45.4 Å². The van der Waals surface area contributed by atoms with E-state index in [4.69, 9.17) is 0 Å². The molecule has 2 aliphatic heterocycles. The first-order chi connectivity index (χ1) is 15.7. The third-order valence-electron chi connectivity index (χ3n) is 6.77. The number of carbonyl (C=O) groups is 2. The fourth-order valence-electron chi connectivity index (χ4n) is 5.05. The fraction of sp³-hybridized carbons (Fsp3) is 0.565. The molecule has 8 nitrogen and oxygen atoms in total. The van der Waals surface area contributed by atoms with E-state index in [-0.39, 0.29) is 18.4 Å². The number of benzene rings is 1. The van der Waals surface area contributed by atoms with Crippen molar-refractivity contribution in [1.29, 1.82) is 0 Å². The highest BCUT2D eigenvalue weighted by molar-refractivity contribution is 7.99. The number of hydrogen-bond acceptors (Lipinski definition) is 5. The Balaban J connectivity index is 1.40. The third-order valence-corrected chi connectivity index (χ3v) is 7.68. The second-order valence-electron chi connectivity index (χ2n) is 8.71. The van der Waals surface area contributed by atoms with E-state index in [0.717, 1.165) is 62.8 Å². The molecular formula is C23H30N6O2S. The van der Waals surface area contributed by atoms with Gasteiger partial charge in [0.05, 0.1) is 16.8 Å². The van der Waals surface area contributed by atoms with E-state index < -0.39 is 0 Å². The van der Waals surface area contributed by atoms with Gasteiger partial charge in [-0.25, -0.2) is 0 Å². The summed E-state index contributed by atoms with van der Waals surface area (Å²) in [4.78, 5) is 29.8. The molecule has 4 heterocycles. The molecule has 0 radical (unpaired) electrons. The minimum absolute atomic E-state index is 0.119. The highest BCUT2D eigenvalue weighted by Crippen LogP contribution is 2.27. The molecule has 32 heavy (non-hydrogen) atoms. The third kappa shape index (κ3) is 3.87. The molecule has 0 saturated carbocycles. The minimum atomic E-state index is 0.119. The van der Waals surface area contributed by atoms with Crippen molar-refractivity contribution in [2.24, 2.45) is 0 Å². The maximum atomic E-state index is 13.0. The molecule has 1 atom stereocenters. The van der Waals surface area contributed by atoms with Gasteiger partial charge >= 0.3 is 0 Å². The van der Waals surface area contributed by atoms with Gasteiger partial charge in [-0.15, -0.1) is 10.2 Å². The Morgan fingerprint density at radius 2 is 1.75 bits per heavy atom. The van der Waals surface area contributed by atoms with Gasteiger partial charge in [0.15, 0.2) is 5.16 Å². The van der Waals surface area contributed by atoms with Crippen molar-refractivity contribution in [3.8, 4) is 0 Å². The van der Waals surface area contributed by atoms with Crippen molar-refractivity contribution < 1.29 is 9.59 Å². The SMILES string of the molecule is CCC1CCCCN1C(=O)CSc1nnc2n(CC(=O)N3CCCC3)c3ccccc3n12. The molecule has 0 aliphatic carbocycles. The van der Waals surface area contributed by atoms with Crippen LogP contribution in [-0.4, -0.2) is 72.2 Å². The molecule has 2 saturated heterocycles. The molecule has 0 spiro atoms. The Morgan fingerprint density at radius 1 is 1.00 bits per heavy atom. The van der Waals surface area contributed by atoms with Gasteiger partial charge in [-0.2, -0.15) is 0 Å². The summed E-state index contributed by atoms with van der Waals surface area (Å²) in [5.74, 6) is 1.29. The van der Waals surface area contributed by atoms with Crippen LogP contribution in [0, 0.1) is 0 Å². The van der Waals surface area contributed by atoms with E-state index in [2.05, 4.69) is 17.1 Å². The van der Waals surface area contributed by atoms with E-state index in [0.29, 0.717) is 22.7 Å². The minimum Gasteiger partial charge on any atom is -0.341 e. The lowest BCUT2D eigenvalue weighted by Gasteiger charge is -2.35. The van der Waals surface area contributed by atoms with E-state index in [1.807, 2.05) is 43.0 Å². The zero-order valence-electron chi connectivity index (χ0n) is 18.6. The predicted octanol–water partition coefficient (Wildman–Crippen LogP) is 3.19. The first kappa shape index (κ1) is 21.3. The summed E-state index contributed by atoms with van der Waals surface area (Å²) in [6.45, 7) is 4.93. The number of aromatic nitrogens is 4. The molecule has 2 fully saturated rings. The maximum absolute atomic E-state index is 13.0. The summed E-state index contributed by atoms with van der Waals surface area (Å²) in [5.41, 5.74) is 1.92. The summed E-state index contributed by atoms with van der Waals surface area (Å²) in [5, 5.41) is 9.50. The first-order valence-corrected chi connectivity index (χ1v) is 12.7. The summed E-state index contributed by atoms with van der Waals surface area (Å²) in [6.07, 6.45) is 6.54. The number of likely N-dealkylation sites (tertiary alicyclic amines) is 2. The molecule has 2 aromatic heterocycles. The quantitative estimate of drug-likeness (QED) is 0.535. The van der Waals surface area contributed by atoms with Crippen molar-refractivity contribution in [2.75, 3.05) is 25.4 Å². The van der Waals surface area contributed by atoms with Crippen LogP contribution in [0.15, 0.2) is 29.4 Å². The normalized spacial score (nSPS) is 19.3. The average Bonchev–Trinajstić information content (AvgIpc) is 3.56. The topological polar surface area (TPSA) is 75.7 Å². The van der Waals surface area contributed by atoms with Gasteiger partial charge in [-0.05, 0) is 50.7 Å². The monoisotopic (exact) mass is 454 g/mol. The Hall–Kier alpha value is -2.55. The smallest absolute Gasteiger partial charge is 0.242 e. The Bertz CT molecular complexity index is 1130. The van der Waals surface area contributed by atoms with Crippen molar-refractivity contribution in [3.63, 3.8) is 0 Å². The summed E-state index contributed by atoms with van der Waals surface area (Å²) >= 11 is 1.43. The lowest BCUT2D eigenvalue weighted by molar-refractivity contribution is -0.132. The summed E-state index contributed by atoms with van der Waals surface area (Å²) < 4.78 is 3.94. The molecule has 0 N–H and O–H groups in total. The van der Waals surface area contributed by atoms with Crippen LogP contribution in [-0.2, 0) is 16.1 Å². The second-order valence-corrected chi connectivity index (χ2v) is 9.66. The van der Waals surface area contributed by atoms with Crippen LogP contribution < -0.4 is 0 Å². The molecule has 0 bridgehead atoms.